The lowest BCUT2D eigenvalue weighted by molar-refractivity contribution is -0.113. The summed E-state index contributed by atoms with van der Waals surface area (Å²) in [6, 6.07) is 1.88. The molecular formula is C23H28N4O4S2. The number of fused-ring (bicyclic) bond motifs is 1. The number of thioether (sulfide) groups is 1. The van der Waals surface area contributed by atoms with Gasteiger partial charge in [0.2, 0.25) is 5.91 Å². The first-order valence-electron chi connectivity index (χ1n) is 11.2. The van der Waals surface area contributed by atoms with Crippen LogP contribution in [0.1, 0.15) is 59.2 Å². The predicted octanol–water partition coefficient (Wildman–Crippen LogP) is 5.10. The predicted molar refractivity (Wildman–Crippen MR) is 129 cm³/mol. The van der Waals surface area contributed by atoms with Gasteiger partial charge in [0.15, 0.2) is 11.0 Å². The molecule has 3 heterocycles. The van der Waals surface area contributed by atoms with E-state index in [9.17, 15) is 9.59 Å². The Bertz CT molecular complexity index is 1150. The quantitative estimate of drug-likeness (QED) is 0.267. The zero-order valence-corrected chi connectivity index (χ0v) is 20.7. The first-order valence-corrected chi connectivity index (χ1v) is 13.0. The van der Waals surface area contributed by atoms with Gasteiger partial charge in [-0.1, -0.05) is 25.1 Å². The summed E-state index contributed by atoms with van der Waals surface area (Å²) in [5.41, 5.74) is 2.45. The first-order chi connectivity index (χ1) is 16.0. The zero-order chi connectivity index (χ0) is 23.4. The summed E-state index contributed by atoms with van der Waals surface area (Å²) in [4.78, 5) is 26.5. The molecule has 0 spiro atoms. The molecule has 1 aliphatic rings. The van der Waals surface area contributed by atoms with Crippen molar-refractivity contribution in [3.05, 3.63) is 34.1 Å². The Hall–Kier alpha value is -2.59. The molecule has 176 valence electrons. The minimum Gasteiger partial charge on any atom is -0.469 e. The summed E-state index contributed by atoms with van der Waals surface area (Å²) in [5, 5.41) is 12.9. The van der Waals surface area contributed by atoms with Gasteiger partial charge in [0, 0.05) is 11.4 Å². The Morgan fingerprint density at radius 2 is 2.09 bits per heavy atom. The van der Waals surface area contributed by atoms with E-state index in [1.54, 1.807) is 6.26 Å². The van der Waals surface area contributed by atoms with Crippen molar-refractivity contribution in [1.82, 2.24) is 14.8 Å². The van der Waals surface area contributed by atoms with Gasteiger partial charge in [0.05, 0.1) is 30.3 Å². The third-order valence-corrected chi connectivity index (χ3v) is 7.83. The van der Waals surface area contributed by atoms with Gasteiger partial charge in [-0.25, -0.2) is 4.79 Å². The summed E-state index contributed by atoms with van der Waals surface area (Å²) < 4.78 is 12.5. The minimum atomic E-state index is -0.389. The molecule has 0 aliphatic heterocycles. The van der Waals surface area contributed by atoms with E-state index in [2.05, 4.69) is 22.4 Å². The largest absolute Gasteiger partial charge is 0.469 e. The van der Waals surface area contributed by atoms with Gasteiger partial charge in [-0.3, -0.25) is 4.79 Å². The maximum atomic E-state index is 12.8. The van der Waals surface area contributed by atoms with E-state index in [1.165, 1.54) is 35.1 Å². The SMILES string of the molecule is CCCn1c(SCC(=O)Nc2sc3c(c2C(=O)OC)CCCCC3)nnc1-c1ccoc1C. The highest BCUT2D eigenvalue weighted by Crippen LogP contribution is 2.38. The molecule has 10 heteroatoms. The number of nitrogens with one attached hydrogen (secondary N) is 1. The highest BCUT2D eigenvalue weighted by atomic mass is 32.2. The Labute approximate surface area is 201 Å². The topological polar surface area (TPSA) is 99.2 Å². The average Bonchev–Trinajstić information content (AvgIpc) is 3.44. The maximum Gasteiger partial charge on any atom is 0.341 e. The van der Waals surface area contributed by atoms with E-state index in [1.807, 2.05) is 17.6 Å². The van der Waals surface area contributed by atoms with E-state index < -0.39 is 0 Å². The van der Waals surface area contributed by atoms with Crippen LogP contribution in [-0.4, -0.2) is 39.5 Å². The molecule has 1 amide bonds. The molecule has 0 atom stereocenters. The minimum absolute atomic E-state index is 0.162. The lowest BCUT2D eigenvalue weighted by atomic mass is 10.1. The number of thiophene rings is 1. The molecule has 0 unspecified atom stereocenters. The molecule has 0 aromatic carbocycles. The molecule has 0 bridgehead atoms. The van der Waals surface area contributed by atoms with Gasteiger partial charge in [-0.05, 0) is 50.7 Å². The van der Waals surface area contributed by atoms with E-state index in [0.717, 1.165) is 67.8 Å². The normalized spacial score (nSPS) is 13.4. The van der Waals surface area contributed by atoms with Crippen molar-refractivity contribution in [3.8, 4) is 11.4 Å². The summed E-state index contributed by atoms with van der Waals surface area (Å²) in [5.74, 6) is 1.10. The van der Waals surface area contributed by atoms with E-state index in [0.29, 0.717) is 15.7 Å². The van der Waals surface area contributed by atoms with E-state index >= 15 is 0 Å². The van der Waals surface area contributed by atoms with Crippen LogP contribution in [0.15, 0.2) is 21.9 Å². The number of ether oxygens (including phenoxy) is 1. The lowest BCUT2D eigenvalue weighted by Gasteiger charge is -2.09. The fourth-order valence-electron chi connectivity index (χ4n) is 4.08. The van der Waals surface area contributed by atoms with Crippen molar-refractivity contribution in [1.29, 1.82) is 0 Å². The highest BCUT2D eigenvalue weighted by Gasteiger charge is 2.26. The first kappa shape index (κ1) is 23.6. The smallest absolute Gasteiger partial charge is 0.341 e. The molecule has 4 rings (SSSR count). The Morgan fingerprint density at radius 1 is 1.27 bits per heavy atom. The molecular weight excluding hydrogens is 460 g/mol. The molecule has 0 saturated heterocycles. The van der Waals surface area contributed by atoms with E-state index in [4.69, 9.17) is 9.15 Å². The van der Waals surface area contributed by atoms with Crippen LogP contribution in [-0.2, 0) is 28.9 Å². The number of aryl methyl sites for hydroxylation is 2. The van der Waals surface area contributed by atoms with Crippen molar-refractivity contribution in [3.63, 3.8) is 0 Å². The maximum absolute atomic E-state index is 12.8. The molecule has 1 N–H and O–H groups in total. The molecule has 3 aromatic rings. The molecule has 0 fully saturated rings. The van der Waals surface area contributed by atoms with Crippen LogP contribution in [0.5, 0.6) is 0 Å². The van der Waals surface area contributed by atoms with Crippen LogP contribution in [0.25, 0.3) is 11.4 Å². The number of hydrogen-bond acceptors (Lipinski definition) is 8. The Morgan fingerprint density at radius 3 is 2.82 bits per heavy atom. The number of hydrogen-bond donors (Lipinski definition) is 1. The molecule has 3 aromatic heterocycles. The number of esters is 1. The number of amides is 1. The number of anilines is 1. The van der Waals surface area contributed by atoms with Crippen molar-refractivity contribution in [2.75, 3.05) is 18.2 Å². The third kappa shape index (κ3) is 5.01. The van der Waals surface area contributed by atoms with Crippen molar-refractivity contribution >= 4 is 40.0 Å². The van der Waals surface area contributed by atoms with Crippen LogP contribution < -0.4 is 5.32 Å². The number of aromatic nitrogens is 3. The third-order valence-electron chi connectivity index (χ3n) is 5.66. The van der Waals surface area contributed by atoms with Gasteiger partial charge in [-0.2, -0.15) is 0 Å². The molecule has 8 nitrogen and oxygen atoms in total. The number of furan rings is 1. The van der Waals surface area contributed by atoms with Crippen LogP contribution in [0, 0.1) is 6.92 Å². The van der Waals surface area contributed by atoms with E-state index in [-0.39, 0.29) is 17.6 Å². The summed E-state index contributed by atoms with van der Waals surface area (Å²) in [6.45, 7) is 4.71. The average molecular weight is 489 g/mol. The zero-order valence-electron chi connectivity index (χ0n) is 19.1. The van der Waals surface area contributed by atoms with Gasteiger partial charge < -0.3 is 19.0 Å². The number of rotatable bonds is 8. The van der Waals surface area contributed by atoms with Crippen LogP contribution >= 0.6 is 23.1 Å². The fraction of sp³-hybridized carbons (Fsp3) is 0.478. The van der Waals surface area contributed by atoms with Gasteiger partial charge in [-0.15, -0.1) is 21.5 Å². The monoisotopic (exact) mass is 488 g/mol. The summed E-state index contributed by atoms with van der Waals surface area (Å²) >= 11 is 2.83. The summed E-state index contributed by atoms with van der Waals surface area (Å²) in [6.07, 6.45) is 7.62. The molecule has 1 aliphatic carbocycles. The van der Waals surface area contributed by atoms with Gasteiger partial charge >= 0.3 is 5.97 Å². The molecule has 0 radical (unpaired) electrons. The van der Waals surface area contributed by atoms with Crippen LogP contribution in [0.4, 0.5) is 5.00 Å². The second kappa shape index (κ2) is 10.6. The standard InChI is InChI=1S/C23H28N4O4S2/c1-4-11-27-20(15-10-12-31-14(15)2)25-26-23(27)32-13-18(28)24-21-19(22(29)30-3)16-8-6-5-7-9-17(16)33-21/h10,12H,4-9,11,13H2,1-3H3,(H,24,28). The summed E-state index contributed by atoms with van der Waals surface area (Å²) in [7, 11) is 1.38. The van der Waals surface area contributed by atoms with Gasteiger partial charge in [0.25, 0.3) is 0 Å². The number of carbonyl (C=O) groups excluding carboxylic acids is 2. The highest BCUT2D eigenvalue weighted by molar-refractivity contribution is 7.99. The van der Waals surface area contributed by atoms with Crippen LogP contribution in [0.3, 0.4) is 0 Å². The van der Waals surface area contributed by atoms with Crippen molar-refractivity contribution in [2.45, 2.75) is 64.1 Å². The fourth-order valence-corrected chi connectivity index (χ4v) is 6.14. The number of nitrogens with zero attached hydrogens (tertiary/aromatic N) is 3. The Balaban J connectivity index is 1.50. The number of carbonyl (C=O) groups is 2. The van der Waals surface area contributed by atoms with Crippen molar-refractivity contribution < 1.29 is 18.7 Å². The Kier molecular flexibility index (Phi) is 7.54. The number of methoxy groups -OCH3 is 1. The van der Waals surface area contributed by atoms with Gasteiger partial charge in [0.1, 0.15) is 10.8 Å². The second-order valence-electron chi connectivity index (χ2n) is 7.95. The second-order valence-corrected chi connectivity index (χ2v) is 9.99. The molecule has 0 saturated carbocycles. The van der Waals surface area contributed by atoms with Crippen LogP contribution in [0.2, 0.25) is 0 Å². The molecule has 33 heavy (non-hydrogen) atoms. The lowest BCUT2D eigenvalue weighted by Crippen LogP contribution is -2.16. The van der Waals surface area contributed by atoms with Crippen molar-refractivity contribution in [2.24, 2.45) is 0 Å².